The molecule has 210 valence electrons. The minimum absolute atomic E-state index is 0.00621. The van der Waals surface area contributed by atoms with E-state index in [9.17, 15) is 23.1 Å². The molecule has 11 heteroatoms. The second kappa shape index (κ2) is 12.3. The lowest BCUT2D eigenvalue weighted by Crippen LogP contribution is -2.45. The lowest BCUT2D eigenvalue weighted by atomic mass is 9.74. The second-order valence-corrected chi connectivity index (χ2v) is 11.3. The Morgan fingerprint density at radius 1 is 1.23 bits per heavy atom. The number of carbonyl (C=O) groups is 1. The average Bonchev–Trinajstić information content (AvgIpc) is 2.91. The fraction of sp³-hybridized carbons (Fsp3) is 0.429. The van der Waals surface area contributed by atoms with E-state index < -0.39 is 29.3 Å². The van der Waals surface area contributed by atoms with Crippen molar-refractivity contribution in [2.45, 2.75) is 42.9 Å². The molecule has 0 aliphatic carbocycles. The van der Waals surface area contributed by atoms with Crippen LogP contribution < -0.4 is 4.74 Å². The van der Waals surface area contributed by atoms with Gasteiger partial charge < -0.3 is 14.7 Å². The Hall–Kier alpha value is -2.56. The highest BCUT2D eigenvalue weighted by Crippen LogP contribution is 2.42. The molecule has 1 fully saturated rings. The van der Waals surface area contributed by atoms with Crippen LogP contribution in [-0.4, -0.2) is 53.5 Å². The number of hydrogen-bond acceptors (Lipinski definition) is 5. The van der Waals surface area contributed by atoms with E-state index in [1.807, 2.05) is 0 Å². The molecule has 0 radical (unpaired) electrons. The predicted octanol–water partition coefficient (Wildman–Crippen LogP) is 7.67. The van der Waals surface area contributed by atoms with Crippen LogP contribution >= 0.6 is 23.4 Å². The Bertz CT molecular complexity index is 1320. The maximum Gasteiger partial charge on any atom is 0.416 e. The molecule has 3 aromatic rings. The number of aliphatic carboxylic acids is 1. The van der Waals surface area contributed by atoms with Gasteiger partial charge in [0.1, 0.15) is 11.9 Å². The number of benzene rings is 2. The Morgan fingerprint density at radius 2 is 1.97 bits per heavy atom. The third kappa shape index (κ3) is 6.96. The zero-order valence-corrected chi connectivity index (χ0v) is 22.9. The minimum atomic E-state index is -4.38. The first-order valence-electron chi connectivity index (χ1n) is 12.5. The van der Waals surface area contributed by atoms with Crippen molar-refractivity contribution in [1.82, 2.24) is 9.88 Å². The summed E-state index contributed by atoms with van der Waals surface area (Å²) in [7, 11) is 1.51. The molecule has 39 heavy (non-hydrogen) atoms. The number of nitrogens with zero attached hydrogens (tertiary/aromatic N) is 2. The van der Waals surface area contributed by atoms with E-state index in [-0.39, 0.29) is 23.4 Å². The fourth-order valence-corrected chi connectivity index (χ4v) is 6.23. The van der Waals surface area contributed by atoms with Gasteiger partial charge in [0.25, 0.3) is 0 Å². The van der Waals surface area contributed by atoms with E-state index >= 15 is 4.39 Å². The number of fused-ring (bicyclic) bond motifs is 1. The van der Waals surface area contributed by atoms with Crippen molar-refractivity contribution in [2.24, 2.45) is 5.41 Å². The SMILES string of the molecule is COc1ccc2ncc(Cl)c([C@@H](F)CCC3(C(=O)O)CCN(CCSc4cccc(C(F)(F)F)c4)CC3)c2c1. The van der Waals surface area contributed by atoms with E-state index in [1.54, 1.807) is 24.3 Å². The molecule has 1 aromatic heterocycles. The Morgan fingerprint density at radius 3 is 2.64 bits per heavy atom. The molecule has 0 amide bonds. The lowest BCUT2D eigenvalue weighted by Gasteiger charge is -2.39. The summed E-state index contributed by atoms with van der Waals surface area (Å²) >= 11 is 7.66. The van der Waals surface area contributed by atoms with Crippen LogP contribution in [0.5, 0.6) is 5.75 Å². The van der Waals surface area contributed by atoms with Gasteiger partial charge in [0.05, 0.1) is 28.6 Å². The van der Waals surface area contributed by atoms with Gasteiger partial charge in [-0.25, -0.2) is 4.39 Å². The zero-order chi connectivity index (χ0) is 28.2. The van der Waals surface area contributed by atoms with Crippen LogP contribution in [-0.2, 0) is 11.0 Å². The molecule has 2 heterocycles. The summed E-state index contributed by atoms with van der Waals surface area (Å²) in [6.45, 7) is 1.65. The van der Waals surface area contributed by atoms with Crippen molar-refractivity contribution in [3.63, 3.8) is 0 Å². The quantitative estimate of drug-likeness (QED) is 0.195. The third-order valence-corrected chi connectivity index (χ3v) is 8.64. The molecule has 5 nitrogen and oxygen atoms in total. The zero-order valence-electron chi connectivity index (χ0n) is 21.3. The summed E-state index contributed by atoms with van der Waals surface area (Å²) in [5, 5.41) is 10.8. The number of carboxylic acid groups (broad SMARTS) is 1. The van der Waals surface area contributed by atoms with Gasteiger partial charge >= 0.3 is 12.1 Å². The van der Waals surface area contributed by atoms with Crippen molar-refractivity contribution in [3.05, 3.63) is 64.8 Å². The van der Waals surface area contributed by atoms with Gasteiger partial charge in [-0.3, -0.25) is 9.78 Å². The number of pyridine rings is 1. The first kappa shape index (κ1) is 29.4. The van der Waals surface area contributed by atoms with E-state index in [0.717, 1.165) is 12.1 Å². The number of hydrogen-bond donors (Lipinski definition) is 1. The third-order valence-electron chi connectivity index (χ3n) is 7.36. The van der Waals surface area contributed by atoms with Gasteiger partial charge in [-0.2, -0.15) is 13.2 Å². The van der Waals surface area contributed by atoms with Gasteiger partial charge in [-0.15, -0.1) is 11.8 Å². The highest BCUT2D eigenvalue weighted by atomic mass is 35.5. The molecule has 1 N–H and O–H groups in total. The Balaban J connectivity index is 1.35. The molecule has 1 aliphatic heterocycles. The van der Waals surface area contributed by atoms with Crippen LogP contribution in [0.2, 0.25) is 5.02 Å². The molecule has 0 saturated carbocycles. The Labute approximate surface area is 233 Å². The molecule has 1 aliphatic rings. The normalized spacial score (nSPS) is 16.8. The number of ether oxygens (including phenoxy) is 1. The smallest absolute Gasteiger partial charge is 0.416 e. The van der Waals surface area contributed by atoms with Crippen LogP contribution in [0.15, 0.2) is 53.6 Å². The number of rotatable bonds is 10. The number of thioether (sulfide) groups is 1. The first-order chi connectivity index (χ1) is 18.5. The minimum Gasteiger partial charge on any atom is -0.497 e. The topological polar surface area (TPSA) is 62.7 Å². The number of piperidine rings is 1. The molecular formula is C28H29ClF4N2O3S. The standard InChI is InChI=1S/C28H29ClF4N2O3S/c1-38-19-5-6-24-21(16-19)25(22(29)17-34-24)23(30)7-8-27(26(36)37)9-11-35(12-10-27)13-14-39-20-4-2-3-18(15-20)28(31,32)33/h2-6,15-17,23H,7-14H2,1H3,(H,36,37)/t23-/m0/s1. The van der Waals surface area contributed by atoms with Crippen LogP contribution in [0.3, 0.4) is 0 Å². The number of carboxylic acids is 1. The maximum atomic E-state index is 15.6. The molecule has 0 spiro atoms. The summed E-state index contributed by atoms with van der Waals surface area (Å²) in [6.07, 6.45) is -3.59. The monoisotopic (exact) mass is 584 g/mol. The van der Waals surface area contributed by atoms with Gasteiger partial charge in [0.15, 0.2) is 0 Å². The highest BCUT2D eigenvalue weighted by molar-refractivity contribution is 7.99. The van der Waals surface area contributed by atoms with Gasteiger partial charge in [0.2, 0.25) is 0 Å². The van der Waals surface area contributed by atoms with Gasteiger partial charge in [-0.05, 0) is 75.2 Å². The summed E-state index contributed by atoms with van der Waals surface area (Å²) < 4.78 is 59.7. The molecule has 0 bridgehead atoms. The summed E-state index contributed by atoms with van der Waals surface area (Å²) in [4.78, 5) is 19.2. The summed E-state index contributed by atoms with van der Waals surface area (Å²) in [6, 6.07) is 10.4. The molecule has 2 aromatic carbocycles. The van der Waals surface area contributed by atoms with E-state index in [2.05, 4.69) is 9.88 Å². The van der Waals surface area contributed by atoms with Crippen LogP contribution in [0.1, 0.15) is 43.0 Å². The van der Waals surface area contributed by atoms with Crippen molar-refractivity contribution in [2.75, 3.05) is 32.5 Å². The molecule has 0 unspecified atom stereocenters. The first-order valence-corrected chi connectivity index (χ1v) is 13.9. The second-order valence-electron chi connectivity index (χ2n) is 9.71. The number of methoxy groups -OCH3 is 1. The van der Waals surface area contributed by atoms with Crippen LogP contribution in [0.4, 0.5) is 17.6 Å². The van der Waals surface area contributed by atoms with E-state index in [4.69, 9.17) is 16.3 Å². The number of aromatic nitrogens is 1. The number of alkyl halides is 4. The predicted molar refractivity (Wildman–Crippen MR) is 144 cm³/mol. The average molecular weight is 585 g/mol. The van der Waals surface area contributed by atoms with Crippen molar-refractivity contribution in [1.29, 1.82) is 0 Å². The highest BCUT2D eigenvalue weighted by Gasteiger charge is 2.42. The fourth-order valence-electron chi connectivity index (χ4n) is 4.99. The van der Waals surface area contributed by atoms with Crippen LogP contribution in [0.25, 0.3) is 10.9 Å². The molecule has 4 rings (SSSR count). The van der Waals surface area contributed by atoms with Crippen molar-refractivity contribution in [3.8, 4) is 5.75 Å². The van der Waals surface area contributed by atoms with Crippen molar-refractivity contribution >= 4 is 40.2 Å². The summed E-state index contributed by atoms with van der Waals surface area (Å²) in [5.41, 5.74) is -0.877. The maximum absolute atomic E-state index is 15.6. The van der Waals surface area contributed by atoms with Gasteiger partial charge in [-0.1, -0.05) is 17.7 Å². The molecular weight excluding hydrogens is 556 g/mol. The van der Waals surface area contributed by atoms with Gasteiger partial charge in [0, 0.05) is 34.3 Å². The number of likely N-dealkylation sites (tertiary alicyclic amines) is 1. The van der Waals surface area contributed by atoms with E-state index in [1.165, 1.54) is 31.1 Å². The van der Waals surface area contributed by atoms with Crippen molar-refractivity contribution < 1.29 is 32.2 Å². The summed E-state index contributed by atoms with van der Waals surface area (Å²) in [5.74, 6) is 0.172. The largest absolute Gasteiger partial charge is 0.497 e. The molecule has 1 atom stereocenters. The Kier molecular flexibility index (Phi) is 9.29. The lowest BCUT2D eigenvalue weighted by molar-refractivity contribution is -0.153. The van der Waals surface area contributed by atoms with Crippen LogP contribution in [0, 0.1) is 5.41 Å². The number of halogens is 5. The molecule has 1 saturated heterocycles. The van der Waals surface area contributed by atoms with E-state index in [0.29, 0.717) is 59.8 Å².